The first-order valence-electron chi connectivity index (χ1n) is 5.78. The number of aromatic nitrogens is 2. The van der Waals surface area contributed by atoms with Crippen molar-refractivity contribution in [3.63, 3.8) is 0 Å². The van der Waals surface area contributed by atoms with Crippen LogP contribution >= 0.6 is 0 Å². The van der Waals surface area contributed by atoms with Gasteiger partial charge in [0.15, 0.2) is 5.82 Å². The first-order valence-corrected chi connectivity index (χ1v) is 5.78. The van der Waals surface area contributed by atoms with Crippen LogP contribution in [0.2, 0.25) is 0 Å². The molecular formula is C11H17N5O. The highest BCUT2D eigenvalue weighted by Gasteiger charge is 2.22. The summed E-state index contributed by atoms with van der Waals surface area (Å²) in [6.07, 6.45) is 5.05. The molecule has 1 aromatic rings. The molecule has 1 aromatic heterocycles. The molecule has 0 saturated carbocycles. The Labute approximate surface area is 100 Å². The minimum atomic E-state index is -0.0681. The SMILES string of the molecule is CC1CCN(C(=O)c2cncc(NN)n2)CC1. The highest BCUT2D eigenvalue weighted by atomic mass is 16.2. The lowest BCUT2D eigenvalue weighted by molar-refractivity contribution is 0.0691. The van der Waals surface area contributed by atoms with E-state index in [0.717, 1.165) is 25.9 Å². The van der Waals surface area contributed by atoms with Crippen molar-refractivity contribution in [2.24, 2.45) is 11.8 Å². The Kier molecular flexibility index (Phi) is 3.53. The molecule has 0 radical (unpaired) electrons. The molecule has 2 rings (SSSR count). The second-order valence-corrected chi connectivity index (χ2v) is 4.41. The van der Waals surface area contributed by atoms with Gasteiger partial charge in [0.2, 0.25) is 0 Å². The van der Waals surface area contributed by atoms with E-state index in [0.29, 0.717) is 17.4 Å². The molecule has 1 aliphatic heterocycles. The molecule has 0 spiro atoms. The predicted molar refractivity (Wildman–Crippen MR) is 64.1 cm³/mol. The average molecular weight is 235 g/mol. The molecule has 0 bridgehead atoms. The lowest BCUT2D eigenvalue weighted by Gasteiger charge is -2.29. The van der Waals surface area contributed by atoms with E-state index >= 15 is 0 Å². The molecule has 0 aliphatic carbocycles. The molecule has 0 unspecified atom stereocenters. The Bertz CT molecular complexity index is 401. The maximum atomic E-state index is 12.1. The molecule has 1 amide bonds. The van der Waals surface area contributed by atoms with Gasteiger partial charge in [0.25, 0.3) is 5.91 Å². The summed E-state index contributed by atoms with van der Waals surface area (Å²) >= 11 is 0. The van der Waals surface area contributed by atoms with Crippen molar-refractivity contribution in [3.05, 3.63) is 18.1 Å². The number of rotatable bonds is 2. The molecule has 6 heteroatoms. The summed E-state index contributed by atoms with van der Waals surface area (Å²) in [6.45, 7) is 3.80. The van der Waals surface area contributed by atoms with Crippen LogP contribution in [-0.2, 0) is 0 Å². The van der Waals surface area contributed by atoms with Gasteiger partial charge in [0.05, 0.1) is 12.4 Å². The second-order valence-electron chi connectivity index (χ2n) is 4.41. The molecule has 0 atom stereocenters. The number of carbonyl (C=O) groups excluding carboxylic acids is 1. The number of nitrogens with one attached hydrogen (secondary N) is 1. The number of likely N-dealkylation sites (tertiary alicyclic amines) is 1. The fourth-order valence-electron chi connectivity index (χ4n) is 1.91. The molecule has 0 aromatic carbocycles. The Morgan fingerprint density at radius 2 is 2.18 bits per heavy atom. The monoisotopic (exact) mass is 235 g/mol. The third-order valence-electron chi connectivity index (χ3n) is 3.07. The van der Waals surface area contributed by atoms with E-state index in [-0.39, 0.29) is 5.91 Å². The number of hydrazine groups is 1. The number of hydrogen-bond acceptors (Lipinski definition) is 5. The molecule has 1 saturated heterocycles. The Morgan fingerprint density at radius 1 is 1.47 bits per heavy atom. The van der Waals surface area contributed by atoms with Crippen LogP contribution in [0.25, 0.3) is 0 Å². The van der Waals surface area contributed by atoms with Crippen LogP contribution in [0, 0.1) is 5.92 Å². The number of nitrogens with zero attached hydrogens (tertiary/aromatic N) is 3. The Morgan fingerprint density at radius 3 is 2.82 bits per heavy atom. The van der Waals surface area contributed by atoms with Crippen LogP contribution in [0.4, 0.5) is 5.82 Å². The summed E-state index contributed by atoms with van der Waals surface area (Å²) in [6, 6.07) is 0. The first-order chi connectivity index (χ1) is 8.20. The highest BCUT2D eigenvalue weighted by Crippen LogP contribution is 2.17. The van der Waals surface area contributed by atoms with Crippen molar-refractivity contribution < 1.29 is 4.79 Å². The van der Waals surface area contributed by atoms with E-state index in [9.17, 15) is 4.79 Å². The Balaban J connectivity index is 2.08. The van der Waals surface area contributed by atoms with Crippen LogP contribution in [0.3, 0.4) is 0 Å². The minimum absolute atomic E-state index is 0.0681. The summed E-state index contributed by atoms with van der Waals surface area (Å²) in [5.74, 6) is 6.27. The van der Waals surface area contributed by atoms with Crippen molar-refractivity contribution in [3.8, 4) is 0 Å². The summed E-state index contributed by atoms with van der Waals surface area (Å²) in [7, 11) is 0. The number of hydrogen-bond donors (Lipinski definition) is 2. The zero-order valence-corrected chi connectivity index (χ0v) is 9.89. The molecule has 2 heterocycles. The summed E-state index contributed by atoms with van der Waals surface area (Å²) in [5, 5.41) is 0. The lowest BCUT2D eigenvalue weighted by atomic mass is 9.99. The van der Waals surface area contributed by atoms with E-state index in [2.05, 4.69) is 22.3 Å². The van der Waals surface area contributed by atoms with E-state index in [1.54, 1.807) is 0 Å². The van der Waals surface area contributed by atoms with Crippen molar-refractivity contribution in [2.75, 3.05) is 18.5 Å². The van der Waals surface area contributed by atoms with Gasteiger partial charge in [-0.25, -0.2) is 10.8 Å². The lowest BCUT2D eigenvalue weighted by Crippen LogP contribution is -2.38. The Hall–Kier alpha value is -1.69. The van der Waals surface area contributed by atoms with Crippen molar-refractivity contribution >= 4 is 11.7 Å². The standard InChI is InChI=1S/C11H17N5O/c1-8-2-4-16(5-3-8)11(17)9-6-13-7-10(14-9)15-12/h6-8H,2-5,12H2,1H3,(H,14,15). The van der Waals surface area contributed by atoms with Crippen LogP contribution in [-0.4, -0.2) is 33.9 Å². The van der Waals surface area contributed by atoms with Crippen LogP contribution in [0.1, 0.15) is 30.3 Å². The molecule has 17 heavy (non-hydrogen) atoms. The number of anilines is 1. The molecule has 92 valence electrons. The number of carbonyl (C=O) groups is 1. The van der Waals surface area contributed by atoms with Crippen LogP contribution in [0.15, 0.2) is 12.4 Å². The third kappa shape index (κ3) is 2.71. The van der Waals surface area contributed by atoms with E-state index in [1.165, 1.54) is 12.4 Å². The largest absolute Gasteiger partial charge is 0.337 e. The second kappa shape index (κ2) is 5.09. The summed E-state index contributed by atoms with van der Waals surface area (Å²) in [4.78, 5) is 22.0. The van der Waals surface area contributed by atoms with Gasteiger partial charge in [-0.2, -0.15) is 0 Å². The van der Waals surface area contributed by atoms with Gasteiger partial charge in [0.1, 0.15) is 5.69 Å². The third-order valence-corrected chi connectivity index (χ3v) is 3.07. The maximum absolute atomic E-state index is 12.1. The zero-order chi connectivity index (χ0) is 12.3. The first kappa shape index (κ1) is 11.8. The quantitative estimate of drug-likeness (QED) is 0.580. The van der Waals surface area contributed by atoms with E-state index in [1.807, 2.05) is 4.90 Å². The fraction of sp³-hybridized carbons (Fsp3) is 0.545. The number of amides is 1. The van der Waals surface area contributed by atoms with E-state index in [4.69, 9.17) is 5.84 Å². The van der Waals surface area contributed by atoms with Crippen LogP contribution < -0.4 is 11.3 Å². The van der Waals surface area contributed by atoms with Gasteiger partial charge in [-0.15, -0.1) is 0 Å². The van der Waals surface area contributed by atoms with Gasteiger partial charge in [0, 0.05) is 13.1 Å². The smallest absolute Gasteiger partial charge is 0.274 e. The predicted octanol–water partition coefficient (Wildman–Crippen LogP) is 0.634. The molecule has 3 N–H and O–H groups in total. The fourth-order valence-corrected chi connectivity index (χ4v) is 1.91. The maximum Gasteiger partial charge on any atom is 0.274 e. The number of piperidine rings is 1. The van der Waals surface area contributed by atoms with Gasteiger partial charge >= 0.3 is 0 Å². The van der Waals surface area contributed by atoms with Gasteiger partial charge in [-0.1, -0.05) is 6.92 Å². The molecular weight excluding hydrogens is 218 g/mol. The summed E-state index contributed by atoms with van der Waals surface area (Å²) < 4.78 is 0. The van der Waals surface area contributed by atoms with E-state index < -0.39 is 0 Å². The zero-order valence-electron chi connectivity index (χ0n) is 9.89. The van der Waals surface area contributed by atoms with Crippen LogP contribution in [0.5, 0.6) is 0 Å². The van der Waals surface area contributed by atoms with Gasteiger partial charge in [-0.05, 0) is 18.8 Å². The van der Waals surface area contributed by atoms with Crippen molar-refractivity contribution in [2.45, 2.75) is 19.8 Å². The summed E-state index contributed by atoms with van der Waals surface area (Å²) in [5.41, 5.74) is 2.73. The molecule has 6 nitrogen and oxygen atoms in total. The number of nitrogen functional groups attached to an aromatic ring is 1. The molecule has 1 fully saturated rings. The van der Waals surface area contributed by atoms with Gasteiger partial charge < -0.3 is 10.3 Å². The topological polar surface area (TPSA) is 84.1 Å². The number of nitrogens with two attached hydrogens (primary N) is 1. The minimum Gasteiger partial charge on any atom is -0.337 e. The molecule has 1 aliphatic rings. The highest BCUT2D eigenvalue weighted by molar-refractivity contribution is 5.92. The average Bonchev–Trinajstić information content (AvgIpc) is 2.39. The van der Waals surface area contributed by atoms with Crippen molar-refractivity contribution in [1.29, 1.82) is 0 Å². The van der Waals surface area contributed by atoms with Gasteiger partial charge in [-0.3, -0.25) is 9.78 Å². The van der Waals surface area contributed by atoms with Crippen molar-refractivity contribution in [1.82, 2.24) is 14.9 Å². The normalized spacial score (nSPS) is 16.9.